The van der Waals surface area contributed by atoms with Crippen LogP contribution in [-0.4, -0.2) is 29.7 Å². The third-order valence-electron chi connectivity index (χ3n) is 1.91. The lowest BCUT2D eigenvalue weighted by molar-refractivity contribution is -0.142. The van der Waals surface area contributed by atoms with Gasteiger partial charge >= 0.3 is 5.97 Å². The predicted octanol–water partition coefficient (Wildman–Crippen LogP) is 1.60. The average Bonchev–Trinajstić information content (AvgIpc) is 2.16. The summed E-state index contributed by atoms with van der Waals surface area (Å²) in [6, 6.07) is 0. The molecule has 0 aromatic heterocycles. The van der Waals surface area contributed by atoms with Crippen molar-refractivity contribution in [1.29, 1.82) is 0 Å². The highest BCUT2D eigenvalue weighted by Crippen LogP contribution is 2.09. The van der Waals surface area contributed by atoms with E-state index in [0.29, 0.717) is 25.9 Å². The van der Waals surface area contributed by atoms with Crippen molar-refractivity contribution >= 4 is 5.97 Å². The molecule has 0 heterocycles. The molecule has 0 aromatic rings. The minimum Gasteiger partial charge on any atom is -0.480 e. The van der Waals surface area contributed by atoms with Crippen LogP contribution in [0.2, 0.25) is 0 Å². The second-order valence-corrected chi connectivity index (χ2v) is 3.51. The number of carbonyl (C=O) groups is 1. The Bertz CT molecular complexity index is 247. The number of aliphatic carboxylic acids is 1. The van der Waals surface area contributed by atoms with Crippen molar-refractivity contribution in [2.75, 3.05) is 13.1 Å². The van der Waals surface area contributed by atoms with E-state index in [1.807, 2.05) is 19.1 Å². The molecule has 0 amide bonds. The molecule has 3 N–H and O–H groups in total. The molecule has 15 heavy (non-hydrogen) atoms. The minimum atomic E-state index is -1.14. The van der Waals surface area contributed by atoms with Crippen LogP contribution in [0.5, 0.6) is 0 Å². The summed E-state index contributed by atoms with van der Waals surface area (Å²) in [4.78, 5) is 10.6. The number of rotatable bonds is 7. The van der Waals surface area contributed by atoms with Crippen molar-refractivity contribution in [3.63, 3.8) is 0 Å². The Labute approximate surface area is 90.1 Å². The van der Waals surface area contributed by atoms with Gasteiger partial charge in [0.15, 0.2) is 0 Å². The second-order valence-electron chi connectivity index (χ2n) is 3.51. The second kappa shape index (κ2) is 7.11. The Kier molecular flexibility index (Phi) is 6.53. The maximum atomic E-state index is 10.6. The van der Waals surface area contributed by atoms with Gasteiger partial charge < -0.3 is 10.8 Å². The molecule has 1 atom stereocenters. The van der Waals surface area contributed by atoms with E-state index in [1.165, 1.54) is 6.92 Å². The standard InChI is InChI=1S/C10H19N3O2/c1-3-12-13-8-6-4-5-7-10(2,11)9(14)15/h4,6H,3,5,7-8,11H2,1-2H3,(H,14,15)/b6-4-,13-12?/t10-/m0/s1. The largest absolute Gasteiger partial charge is 0.480 e. The molecule has 0 aliphatic rings. The van der Waals surface area contributed by atoms with Crippen molar-refractivity contribution < 1.29 is 9.90 Å². The van der Waals surface area contributed by atoms with Crippen molar-refractivity contribution in [1.82, 2.24) is 0 Å². The van der Waals surface area contributed by atoms with Gasteiger partial charge in [0.05, 0.1) is 13.1 Å². The number of nitrogens with zero attached hydrogens (tertiary/aromatic N) is 2. The number of nitrogens with two attached hydrogens (primary N) is 1. The van der Waals surface area contributed by atoms with Gasteiger partial charge in [0.1, 0.15) is 5.54 Å². The van der Waals surface area contributed by atoms with Crippen LogP contribution in [0.25, 0.3) is 0 Å². The van der Waals surface area contributed by atoms with Crippen LogP contribution in [0.1, 0.15) is 26.7 Å². The van der Waals surface area contributed by atoms with Crippen molar-refractivity contribution in [3.05, 3.63) is 12.2 Å². The Morgan fingerprint density at radius 3 is 2.67 bits per heavy atom. The Morgan fingerprint density at radius 2 is 2.13 bits per heavy atom. The fourth-order valence-corrected chi connectivity index (χ4v) is 0.887. The van der Waals surface area contributed by atoms with E-state index in [1.54, 1.807) is 0 Å². The SMILES string of the molecule is CCN=NC/C=C\CC[C@](C)(N)C(=O)O. The fourth-order valence-electron chi connectivity index (χ4n) is 0.887. The highest BCUT2D eigenvalue weighted by atomic mass is 16.4. The first-order chi connectivity index (χ1) is 7.00. The van der Waals surface area contributed by atoms with Crippen LogP contribution in [0.15, 0.2) is 22.4 Å². The van der Waals surface area contributed by atoms with Crippen molar-refractivity contribution in [3.8, 4) is 0 Å². The summed E-state index contributed by atoms with van der Waals surface area (Å²) < 4.78 is 0. The lowest BCUT2D eigenvalue weighted by Gasteiger charge is -2.17. The summed E-state index contributed by atoms with van der Waals surface area (Å²) in [5.41, 5.74) is 4.40. The van der Waals surface area contributed by atoms with Gasteiger partial charge in [-0.1, -0.05) is 12.2 Å². The van der Waals surface area contributed by atoms with Gasteiger partial charge in [-0.3, -0.25) is 4.79 Å². The maximum Gasteiger partial charge on any atom is 0.323 e. The highest BCUT2D eigenvalue weighted by molar-refractivity contribution is 5.77. The third-order valence-corrected chi connectivity index (χ3v) is 1.91. The van der Waals surface area contributed by atoms with E-state index in [4.69, 9.17) is 10.8 Å². The summed E-state index contributed by atoms with van der Waals surface area (Å²) >= 11 is 0. The van der Waals surface area contributed by atoms with Gasteiger partial charge in [-0.25, -0.2) is 0 Å². The molecule has 86 valence electrons. The summed E-state index contributed by atoms with van der Waals surface area (Å²) in [6.45, 7) is 4.66. The summed E-state index contributed by atoms with van der Waals surface area (Å²) in [7, 11) is 0. The Hall–Kier alpha value is -1.23. The van der Waals surface area contributed by atoms with E-state index in [9.17, 15) is 4.79 Å². The zero-order chi connectivity index (χ0) is 11.7. The molecule has 0 fully saturated rings. The number of hydrogen-bond donors (Lipinski definition) is 2. The molecule has 5 heteroatoms. The minimum absolute atomic E-state index is 0.420. The quantitative estimate of drug-likeness (QED) is 0.497. The van der Waals surface area contributed by atoms with E-state index in [-0.39, 0.29) is 0 Å². The molecule has 0 radical (unpaired) electrons. The number of azo groups is 1. The maximum absolute atomic E-state index is 10.6. The zero-order valence-electron chi connectivity index (χ0n) is 9.31. The monoisotopic (exact) mass is 213 g/mol. The van der Waals surface area contributed by atoms with Gasteiger partial charge in [-0.15, -0.1) is 0 Å². The highest BCUT2D eigenvalue weighted by Gasteiger charge is 2.26. The topological polar surface area (TPSA) is 88.0 Å². The molecular weight excluding hydrogens is 194 g/mol. The molecule has 0 spiro atoms. The molecule has 0 aliphatic carbocycles. The molecule has 0 aliphatic heterocycles. The fraction of sp³-hybridized carbons (Fsp3) is 0.700. The summed E-state index contributed by atoms with van der Waals surface area (Å²) in [6.07, 6.45) is 4.80. The number of carboxylic acid groups (broad SMARTS) is 1. The van der Waals surface area contributed by atoms with Gasteiger partial charge in [0.2, 0.25) is 0 Å². The lowest BCUT2D eigenvalue weighted by atomic mass is 9.97. The van der Waals surface area contributed by atoms with Gasteiger partial charge in [0, 0.05) is 0 Å². The predicted molar refractivity (Wildman–Crippen MR) is 58.9 cm³/mol. The van der Waals surface area contributed by atoms with Crippen LogP contribution < -0.4 is 5.73 Å². The van der Waals surface area contributed by atoms with Crippen molar-refractivity contribution in [2.24, 2.45) is 16.0 Å². The molecule has 5 nitrogen and oxygen atoms in total. The first-order valence-electron chi connectivity index (χ1n) is 5.01. The molecular formula is C10H19N3O2. The molecule has 0 aromatic carbocycles. The smallest absolute Gasteiger partial charge is 0.323 e. The van der Waals surface area contributed by atoms with Gasteiger partial charge in [-0.2, -0.15) is 10.2 Å². The van der Waals surface area contributed by atoms with E-state index in [0.717, 1.165) is 0 Å². The van der Waals surface area contributed by atoms with Crippen LogP contribution in [0.4, 0.5) is 0 Å². The molecule has 0 unspecified atom stereocenters. The summed E-state index contributed by atoms with van der Waals surface area (Å²) in [5, 5.41) is 16.4. The molecule has 0 bridgehead atoms. The van der Waals surface area contributed by atoms with E-state index < -0.39 is 11.5 Å². The number of allylic oxidation sites excluding steroid dienone is 1. The van der Waals surface area contributed by atoms with Crippen molar-refractivity contribution in [2.45, 2.75) is 32.2 Å². The molecule has 0 rings (SSSR count). The summed E-state index contributed by atoms with van der Waals surface area (Å²) in [5.74, 6) is -0.971. The van der Waals surface area contributed by atoms with Gasteiger partial charge in [-0.05, 0) is 26.7 Å². The van der Waals surface area contributed by atoms with Crippen LogP contribution >= 0.6 is 0 Å². The molecule has 0 saturated heterocycles. The van der Waals surface area contributed by atoms with Crippen LogP contribution in [-0.2, 0) is 4.79 Å². The first kappa shape index (κ1) is 13.8. The number of hydrogen-bond acceptors (Lipinski definition) is 4. The van der Waals surface area contributed by atoms with Crippen LogP contribution in [0, 0.1) is 0 Å². The third kappa shape index (κ3) is 6.79. The van der Waals surface area contributed by atoms with Crippen LogP contribution in [0.3, 0.4) is 0 Å². The average molecular weight is 213 g/mol. The zero-order valence-corrected chi connectivity index (χ0v) is 9.31. The Balaban J connectivity index is 3.70. The molecule has 0 saturated carbocycles. The normalized spacial score (nSPS) is 15.9. The van der Waals surface area contributed by atoms with E-state index in [2.05, 4.69) is 10.2 Å². The first-order valence-corrected chi connectivity index (χ1v) is 5.01. The Morgan fingerprint density at radius 1 is 1.47 bits per heavy atom. The lowest BCUT2D eigenvalue weighted by Crippen LogP contribution is -2.44. The number of carboxylic acids is 1. The van der Waals surface area contributed by atoms with E-state index >= 15 is 0 Å². The van der Waals surface area contributed by atoms with Gasteiger partial charge in [0.25, 0.3) is 0 Å².